The average Bonchev–Trinajstić information content (AvgIpc) is 2.77. The zero-order valence-corrected chi connectivity index (χ0v) is 10.4. The van der Waals surface area contributed by atoms with Crippen LogP contribution in [0.1, 0.15) is 11.1 Å². The molecule has 0 saturated carbocycles. The molecule has 19 heavy (non-hydrogen) atoms. The molecule has 2 aromatic carbocycles. The molecular weight excluding hydrogens is 238 g/mol. The van der Waals surface area contributed by atoms with Gasteiger partial charge in [-0.15, -0.1) is 0 Å². The third-order valence-electron chi connectivity index (χ3n) is 3.24. The number of nitrogens with two attached hydrogens (primary N) is 1. The van der Waals surface area contributed by atoms with Crippen LogP contribution in [0.5, 0.6) is 0 Å². The molecule has 0 atom stereocenters. The number of hydrogen-bond donors (Lipinski definition) is 3. The lowest BCUT2D eigenvalue weighted by molar-refractivity contribution is -0.115. The Kier molecular flexibility index (Phi) is 2.83. The SMILES string of the molecule is Nc1ccccc1NCc1ccc2c(c1)CC(=O)N2. The van der Waals surface area contributed by atoms with E-state index in [-0.39, 0.29) is 5.91 Å². The predicted octanol–water partition coefficient (Wildman–Crippen LogP) is 2.38. The van der Waals surface area contributed by atoms with Gasteiger partial charge >= 0.3 is 0 Å². The number of carbonyl (C=O) groups is 1. The fourth-order valence-electron chi connectivity index (χ4n) is 2.25. The van der Waals surface area contributed by atoms with Gasteiger partial charge < -0.3 is 16.4 Å². The largest absolute Gasteiger partial charge is 0.397 e. The van der Waals surface area contributed by atoms with Crippen LogP contribution in [0.2, 0.25) is 0 Å². The zero-order valence-electron chi connectivity index (χ0n) is 10.4. The maximum absolute atomic E-state index is 11.3. The molecule has 96 valence electrons. The number of amides is 1. The topological polar surface area (TPSA) is 67.1 Å². The maximum Gasteiger partial charge on any atom is 0.228 e. The van der Waals surface area contributed by atoms with Crippen molar-refractivity contribution in [1.29, 1.82) is 0 Å². The molecule has 0 spiro atoms. The van der Waals surface area contributed by atoms with Gasteiger partial charge in [0.1, 0.15) is 0 Å². The van der Waals surface area contributed by atoms with Crippen molar-refractivity contribution in [1.82, 2.24) is 0 Å². The summed E-state index contributed by atoms with van der Waals surface area (Å²) in [5, 5.41) is 6.13. The van der Waals surface area contributed by atoms with Crippen LogP contribution < -0.4 is 16.4 Å². The minimum absolute atomic E-state index is 0.0624. The van der Waals surface area contributed by atoms with E-state index in [1.807, 2.05) is 36.4 Å². The number of rotatable bonds is 3. The van der Waals surface area contributed by atoms with Gasteiger partial charge in [-0.3, -0.25) is 4.79 Å². The van der Waals surface area contributed by atoms with E-state index in [9.17, 15) is 4.79 Å². The van der Waals surface area contributed by atoms with Crippen molar-refractivity contribution in [3.63, 3.8) is 0 Å². The number of nitrogen functional groups attached to an aromatic ring is 1. The molecule has 0 bridgehead atoms. The van der Waals surface area contributed by atoms with Gasteiger partial charge in [-0.05, 0) is 29.3 Å². The highest BCUT2D eigenvalue weighted by atomic mass is 16.1. The minimum atomic E-state index is 0.0624. The highest BCUT2D eigenvalue weighted by molar-refractivity contribution is 5.99. The molecule has 0 unspecified atom stereocenters. The Morgan fingerprint density at radius 1 is 1.21 bits per heavy atom. The first-order valence-corrected chi connectivity index (χ1v) is 6.22. The number of anilines is 3. The quantitative estimate of drug-likeness (QED) is 0.736. The molecule has 4 nitrogen and oxygen atoms in total. The molecule has 0 radical (unpaired) electrons. The fourth-order valence-corrected chi connectivity index (χ4v) is 2.25. The lowest BCUT2D eigenvalue weighted by atomic mass is 10.1. The minimum Gasteiger partial charge on any atom is -0.397 e. The van der Waals surface area contributed by atoms with Crippen LogP contribution in [0.25, 0.3) is 0 Å². The van der Waals surface area contributed by atoms with E-state index in [2.05, 4.69) is 16.7 Å². The molecule has 0 saturated heterocycles. The third-order valence-corrected chi connectivity index (χ3v) is 3.24. The number of nitrogens with one attached hydrogen (secondary N) is 2. The first-order chi connectivity index (χ1) is 9.22. The summed E-state index contributed by atoms with van der Waals surface area (Å²) in [6.07, 6.45) is 0.469. The summed E-state index contributed by atoms with van der Waals surface area (Å²) in [5.41, 5.74) is 10.7. The van der Waals surface area contributed by atoms with Crippen molar-refractivity contribution in [2.24, 2.45) is 0 Å². The van der Waals surface area contributed by atoms with Crippen molar-refractivity contribution in [2.45, 2.75) is 13.0 Å². The zero-order chi connectivity index (χ0) is 13.2. The number of benzene rings is 2. The summed E-state index contributed by atoms with van der Waals surface area (Å²) in [6.45, 7) is 0.690. The monoisotopic (exact) mass is 253 g/mol. The van der Waals surface area contributed by atoms with Gasteiger partial charge in [0.15, 0.2) is 0 Å². The molecule has 0 fully saturated rings. The number of fused-ring (bicyclic) bond motifs is 1. The number of hydrogen-bond acceptors (Lipinski definition) is 3. The Morgan fingerprint density at radius 3 is 2.89 bits per heavy atom. The lowest BCUT2D eigenvalue weighted by Crippen LogP contribution is -2.03. The van der Waals surface area contributed by atoms with Crippen LogP contribution in [0.4, 0.5) is 17.1 Å². The summed E-state index contributed by atoms with van der Waals surface area (Å²) < 4.78 is 0. The van der Waals surface area contributed by atoms with Gasteiger partial charge in [0, 0.05) is 12.2 Å². The molecule has 0 aromatic heterocycles. The fraction of sp³-hybridized carbons (Fsp3) is 0.133. The second kappa shape index (κ2) is 4.65. The molecular formula is C15H15N3O. The maximum atomic E-state index is 11.3. The second-order valence-corrected chi connectivity index (χ2v) is 4.66. The summed E-state index contributed by atoms with van der Waals surface area (Å²) in [5.74, 6) is 0.0624. The second-order valence-electron chi connectivity index (χ2n) is 4.66. The molecule has 3 rings (SSSR count). The van der Waals surface area contributed by atoms with Crippen LogP contribution in [-0.4, -0.2) is 5.91 Å². The summed E-state index contributed by atoms with van der Waals surface area (Å²) in [6, 6.07) is 13.7. The molecule has 1 aliphatic heterocycles. The van der Waals surface area contributed by atoms with Crippen LogP contribution in [0.3, 0.4) is 0 Å². The molecule has 1 amide bonds. The first-order valence-electron chi connectivity index (χ1n) is 6.22. The van der Waals surface area contributed by atoms with Crippen molar-refractivity contribution in [3.8, 4) is 0 Å². The van der Waals surface area contributed by atoms with Crippen LogP contribution in [-0.2, 0) is 17.8 Å². The van der Waals surface area contributed by atoms with E-state index in [0.717, 1.165) is 28.2 Å². The van der Waals surface area contributed by atoms with E-state index in [1.165, 1.54) is 0 Å². The van der Waals surface area contributed by atoms with Gasteiger partial charge in [0.2, 0.25) is 5.91 Å². The Morgan fingerprint density at radius 2 is 2.05 bits per heavy atom. The highest BCUT2D eigenvalue weighted by Gasteiger charge is 2.17. The van der Waals surface area contributed by atoms with E-state index in [4.69, 9.17) is 5.73 Å². The molecule has 2 aromatic rings. The van der Waals surface area contributed by atoms with Crippen LogP contribution in [0, 0.1) is 0 Å². The summed E-state index contributed by atoms with van der Waals surface area (Å²) in [4.78, 5) is 11.3. The Labute approximate surface area is 111 Å². The molecule has 0 aliphatic carbocycles. The van der Waals surface area contributed by atoms with Gasteiger partial charge in [-0.2, -0.15) is 0 Å². The summed E-state index contributed by atoms with van der Waals surface area (Å²) >= 11 is 0. The summed E-state index contributed by atoms with van der Waals surface area (Å²) in [7, 11) is 0. The lowest BCUT2D eigenvalue weighted by Gasteiger charge is -2.10. The van der Waals surface area contributed by atoms with Gasteiger partial charge in [0.25, 0.3) is 0 Å². The highest BCUT2D eigenvalue weighted by Crippen LogP contribution is 2.24. The molecule has 1 aliphatic rings. The average molecular weight is 253 g/mol. The van der Waals surface area contributed by atoms with Crippen molar-refractivity contribution < 1.29 is 4.79 Å². The predicted molar refractivity (Wildman–Crippen MR) is 77.0 cm³/mol. The van der Waals surface area contributed by atoms with E-state index in [0.29, 0.717) is 13.0 Å². The van der Waals surface area contributed by atoms with Crippen molar-refractivity contribution in [3.05, 3.63) is 53.6 Å². The number of para-hydroxylation sites is 2. The van der Waals surface area contributed by atoms with Gasteiger partial charge in [0.05, 0.1) is 17.8 Å². The molecule has 4 N–H and O–H groups in total. The van der Waals surface area contributed by atoms with Crippen molar-refractivity contribution in [2.75, 3.05) is 16.4 Å². The van der Waals surface area contributed by atoms with Crippen molar-refractivity contribution >= 4 is 23.0 Å². The standard InChI is InChI=1S/C15H15N3O/c16-12-3-1-2-4-14(12)17-9-10-5-6-13-11(7-10)8-15(19)18-13/h1-7,17H,8-9,16H2,(H,18,19). The van der Waals surface area contributed by atoms with E-state index < -0.39 is 0 Å². The smallest absolute Gasteiger partial charge is 0.228 e. The van der Waals surface area contributed by atoms with Gasteiger partial charge in [-0.25, -0.2) is 0 Å². The Balaban J connectivity index is 1.73. The normalized spacial score (nSPS) is 12.9. The Hall–Kier alpha value is -2.49. The Bertz CT molecular complexity index is 637. The van der Waals surface area contributed by atoms with Crippen LogP contribution in [0.15, 0.2) is 42.5 Å². The van der Waals surface area contributed by atoms with E-state index >= 15 is 0 Å². The molecule has 1 heterocycles. The first kappa shape index (κ1) is 11.6. The molecule has 4 heteroatoms. The van der Waals surface area contributed by atoms with Gasteiger partial charge in [-0.1, -0.05) is 24.3 Å². The van der Waals surface area contributed by atoms with Crippen LogP contribution >= 0.6 is 0 Å². The number of carbonyl (C=O) groups excluding carboxylic acids is 1. The van der Waals surface area contributed by atoms with E-state index in [1.54, 1.807) is 0 Å². The third kappa shape index (κ3) is 2.38.